The highest BCUT2D eigenvalue weighted by Crippen LogP contribution is 2.26. The standard InChI is InChI=1S/C12H21N3S/c1-5-7-10-12(16-15-14-10)11(9(3)4)13-8-6-2/h11,13H,3,5-8H2,1-2,4H3. The van der Waals surface area contributed by atoms with E-state index in [1.54, 1.807) is 0 Å². The van der Waals surface area contributed by atoms with Crippen LogP contribution in [0.1, 0.15) is 50.2 Å². The maximum absolute atomic E-state index is 4.20. The molecule has 0 radical (unpaired) electrons. The Morgan fingerprint density at radius 1 is 1.44 bits per heavy atom. The molecule has 16 heavy (non-hydrogen) atoms. The predicted octanol–water partition coefficient (Wildman–Crippen LogP) is 3.11. The molecule has 0 spiro atoms. The molecular formula is C12H21N3S. The lowest BCUT2D eigenvalue weighted by Crippen LogP contribution is -2.23. The normalized spacial score (nSPS) is 12.7. The van der Waals surface area contributed by atoms with Gasteiger partial charge in [-0.3, -0.25) is 0 Å². The van der Waals surface area contributed by atoms with Crippen LogP contribution in [0.15, 0.2) is 12.2 Å². The van der Waals surface area contributed by atoms with Gasteiger partial charge in [0.05, 0.1) is 16.6 Å². The summed E-state index contributed by atoms with van der Waals surface area (Å²) in [5.74, 6) is 0. The largest absolute Gasteiger partial charge is 0.306 e. The highest BCUT2D eigenvalue weighted by Gasteiger charge is 2.18. The molecule has 1 unspecified atom stereocenters. The average Bonchev–Trinajstić information content (AvgIpc) is 2.67. The van der Waals surface area contributed by atoms with Crippen LogP contribution in [0.2, 0.25) is 0 Å². The third-order valence-corrected chi connectivity index (χ3v) is 3.26. The van der Waals surface area contributed by atoms with Crippen LogP contribution >= 0.6 is 11.5 Å². The molecule has 1 heterocycles. The van der Waals surface area contributed by atoms with E-state index in [1.807, 2.05) is 0 Å². The lowest BCUT2D eigenvalue weighted by molar-refractivity contribution is 0.592. The van der Waals surface area contributed by atoms with Crippen molar-refractivity contribution in [3.63, 3.8) is 0 Å². The molecule has 0 aliphatic carbocycles. The number of aromatic nitrogens is 2. The third kappa shape index (κ3) is 3.39. The summed E-state index contributed by atoms with van der Waals surface area (Å²) in [5.41, 5.74) is 2.26. The van der Waals surface area contributed by atoms with Gasteiger partial charge in [-0.1, -0.05) is 36.9 Å². The Balaban J connectivity index is 2.83. The van der Waals surface area contributed by atoms with E-state index in [4.69, 9.17) is 0 Å². The zero-order valence-corrected chi connectivity index (χ0v) is 11.2. The maximum atomic E-state index is 4.20. The molecular weight excluding hydrogens is 218 g/mol. The summed E-state index contributed by atoms with van der Waals surface area (Å²) in [6, 6.07) is 0.224. The fourth-order valence-electron chi connectivity index (χ4n) is 1.62. The van der Waals surface area contributed by atoms with Crippen molar-refractivity contribution < 1.29 is 0 Å². The van der Waals surface area contributed by atoms with E-state index in [-0.39, 0.29) is 6.04 Å². The van der Waals surface area contributed by atoms with Crippen molar-refractivity contribution in [1.29, 1.82) is 0 Å². The van der Waals surface area contributed by atoms with E-state index >= 15 is 0 Å². The Kier molecular flexibility index (Phi) is 5.63. The minimum atomic E-state index is 0.224. The second-order valence-corrected chi connectivity index (χ2v) is 4.85. The number of nitrogens with zero attached hydrogens (tertiary/aromatic N) is 2. The second-order valence-electron chi connectivity index (χ2n) is 4.07. The van der Waals surface area contributed by atoms with Crippen molar-refractivity contribution in [3.05, 3.63) is 22.7 Å². The molecule has 0 aliphatic heterocycles. The van der Waals surface area contributed by atoms with Crippen molar-refractivity contribution in [2.24, 2.45) is 0 Å². The highest BCUT2D eigenvalue weighted by atomic mass is 32.1. The Morgan fingerprint density at radius 2 is 2.19 bits per heavy atom. The predicted molar refractivity (Wildman–Crippen MR) is 69.8 cm³/mol. The van der Waals surface area contributed by atoms with E-state index < -0.39 is 0 Å². The van der Waals surface area contributed by atoms with Gasteiger partial charge in [-0.2, -0.15) is 0 Å². The molecule has 1 atom stereocenters. The lowest BCUT2D eigenvalue weighted by atomic mass is 10.1. The van der Waals surface area contributed by atoms with E-state index in [0.29, 0.717) is 0 Å². The topological polar surface area (TPSA) is 37.8 Å². The van der Waals surface area contributed by atoms with Crippen LogP contribution in [0.5, 0.6) is 0 Å². The molecule has 0 saturated carbocycles. The summed E-state index contributed by atoms with van der Waals surface area (Å²) in [5, 5.41) is 7.71. The van der Waals surface area contributed by atoms with Crippen LogP contribution in [-0.2, 0) is 6.42 Å². The van der Waals surface area contributed by atoms with Crippen LogP contribution < -0.4 is 5.32 Å². The summed E-state index contributed by atoms with van der Waals surface area (Å²) >= 11 is 1.49. The van der Waals surface area contributed by atoms with Gasteiger partial charge in [-0.05, 0) is 37.8 Å². The number of rotatable bonds is 7. The Bertz CT molecular complexity index is 333. The van der Waals surface area contributed by atoms with Crippen molar-refractivity contribution in [2.45, 2.75) is 46.1 Å². The third-order valence-electron chi connectivity index (χ3n) is 2.43. The van der Waals surface area contributed by atoms with Crippen LogP contribution in [0.25, 0.3) is 0 Å². The van der Waals surface area contributed by atoms with Crippen molar-refractivity contribution in [1.82, 2.24) is 14.9 Å². The molecule has 4 heteroatoms. The summed E-state index contributed by atoms with van der Waals surface area (Å²) in [6.45, 7) is 11.4. The summed E-state index contributed by atoms with van der Waals surface area (Å²) in [6.07, 6.45) is 3.23. The van der Waals surface area contributed by atoms with Crippen LogP contribution in [0.4, 0.5) is 0 Å². The zero-order valence-electron chi connectivity index (χ0n) is 10.4. The molecule has 0 saturated heterocycles. The minimum Gasteiger partial charge on any atom is -0.306 e. The summed E-state index contributed by atoms with van der Waals surface area (Å²) < 4.78 is 4.06. The fraction of sp³-hybridized carbons (Fsp3) is 0.667. The molecule has 3 nitrogen and oxygen atoms in total. The van der Waals surface area contributed by atoms with Crippen molar-refractivity contribution >= 4 is 11.5 Å². The lowest BCUT2D eigenvalue weighted by Gasteiger charge is -2.17. The first kappa shape index (κ1) is 13.3. The molecule has 90 valence electrons. The van der Waals surface area contributed by atoms with Gasteiger partial charge >= 0.3 is 0 Å². The highest BCUT2D eigenvalue weighted by molar-refractivity contribution is 7.05. The Labute approximate surface area is 102 Å². The average molecular weight is 239 g/mol. The van der Waals surface area contributed by atoms with E-state index in [2.05, 4.69) is 42.3 Å². The van der Waals surface area contributed by atoms with Crippen LogP contribution in [-0.4, -0.2) is 16.1 Å². The molecule has 0 aliphatic rings. The number of nitrogens with one attached hydrogen (secondary N) is 1. The van der Waals surface area contributed by atoms with Crippen LogP contribution in [0.3, 0.4) is 0 Å². The Morgan fingerprint density at radius 3 is 2.75 bits per heavy atom. The van der Waals surface area contributed by atoms with Gasteiger partial charge in [-0.15, -0.1) is 5.10 Å². The Hall–Kier alpha value is -0.740. The molecule has 1 N–H and O–H groups in total. The smallest absolute Gasteiger partial charge is 0.0807 e. The molecule has 1 rings (SSSR count). The first-order valence-corrected chi connectivity index (χ1v) is 6.67. The zero-order chi connectivity index (χ0) is 12.0. The molecule has 1 aromatic rings. The van der Waals surface area contributed by atoms with Gasteiger partial charge in [0.25, 0.3) is 0 Å². The second kappa shape index (κ2) is 6.76. The van der Waals surface area contributed by atoms with Gasteiger partial charge in [0.2, 0.25) is 0 Å². The number of hydrogen-bond donors (Lipinski definition) is 1. The van der Waals surface area contributed by atoms with E-state index in [0.717, 1.165) is 37.1 Å². The van der Waals surface area contributed by atoms with Gasteiger partial charge < -0.3 is 5.32 Å². The number of hydrogen-bond acceptors (Lipinski definition) is 4. The van der Waals surface area contributed by atoms with Crippen LogP contribution in [0, 0.1) is 0 Å². The minimum absolute atomic E-state index is 0.224. The molecule has 1 aromatic heterocycles. The van der Waals surface area contributed by atoms with Gasteiger partial charge in [-0.25, -0.2) is 0 Å². The van der Waals surface area contributed by atoms with E-state index in [1.165, 1.54) is 16.4 Å². The maximum Gasteiger partial charge on any atom is 0.0807 e. The van der Waals surface area contributed by atoms with Crippen molar-refractivity contribution in [2.75, 3.05) is 6.54 Å². The quantitative estimate of drug-likeness (QED) is 0.743. The molecule has 0 aromatic carbocycles. The first-order valence-electron chi connectivity index (χ1n) is 5.90. The monoisotopic (exact) mass is 239 g/mol. The number of aryl methyl sites for hydroxylation is 1. The molecule has 0 fully saturated rings. The van der Waals surface area contributed by atoms with Gasteiger partial charge in [0.15, 0.2) is 0 Å². The van der Waals surface area contributed by atoms with Gasteiger partial charge in [0, 0.05) is 0 Å². The van der Waals surface area contributed by atoms with Gasteiger partial charge in [0.1, 0.15) is 0 Å². The first-order chi connectivity index (χ1) is 7.70. The van der Waals surface area contributed by atoms with E-state index in [9.17, 15) is 0 Å². The summed E-state index contributed by atoms with van der Waals surface area (Å²) in [4.78, 5) is 1.24. The van der Waals surface area contributed by atoms with Crippen molar-refractivity contribution in [3.8, 4) is 0 Å². The SMILES string of the molecule is C=C(C)C(NCCC)c1snnc1CCC. The summed E-state index contributed by atoms with van der Waals surface area (Å²) in [7, 11) is 0. The molecule has 0 bridgehead atoms. The molecule has 0 amide bonds. The fourth-order valence-corrected chi connectivity index (χ4v) is 2.49.